The molecule has 0 saturated heterocycles. The average molecular weight is 389 g/mol. The average Bonchev–Trinajstić information content (AvgIpc) is 2.82. The third-order valence-corrected chi connectivity index (χ3v) is 4.43. The maximum Gasteiger partial charge on any atom is 0.416 e. The molecule has 0 N–H and O–H groups in total. The van der Waals surface area contributed by atoms with Gasteiger partial charge in [0.15, 0.2) is 10.9 Å². The first-order valence-corrected chi connectivity index (χ1v) is 8.59. The fourth-order valence-electron chi connectivity index (χ4n) is 1.85. The summed E-state index contributed by atoms with van der Waals surface area (Å²) >= 11 is 4.31. The summed E-state index contributed by atoms with van der Waals surface area (Å²) in [6, 6.07) is 3.33. The van der Waals surface area contributed by atoms with Crippen LogP contribution in [0.25, 0.3) is 10.2 Å². The maximum atomic E-state index is 14.1. The van der Waals surface area contributed by atoms with Crippen LogP contribution >= 0.6 is 27.3 Å². The number of anilines is 1. The number of ether oxygens (including phenoxy) is 1. The van der Waals surface area contributed by atoms with E-state index in [1.807, 2.05) is 27.7 Å². The van der Waals surface area contributed by atoms with Crippen LogP contribution in [0.1, 0.15) is 34.1 Å². The highest BCUT2D eigenvalue weighted by molar-refractivity contribution is 9.10. The second-order valence-electron chi connectivity index (χ2n) is 5.84. The Bertz CT molecular complexity index is 697. The Balaban J connectivity index is 2.40. The number of benzene rings is 1. The number of hydrogen-bond acceptors (Lipinski definition) is 4. The van der Waals surface area contributed by atoms with Gasteiger partial charge in [0.2, 0.25) is 0 Å². The number of carbonyl (C=O) groups is 1. The van der Waals surface area contributed by atoms with Crippen molar-refractivity contribution in [2.24, 2.45) is 0 Å². The van der Waals surface area contributed by atoms with E-state index in [-0.39, 0.29) is 5.82 Å². The Kier molecular flexibility index (Phi) is 5.07. The molecule has 0 atom stereocenters. The Labute approximate surface area is 141 Å². The summed E-state index contributed by atoms with van der Waals surface area (Å²) in [5.74, 6) is -0.359. The molecule has 0 aliphatic heterocycles. The van der Waals surface area contributed by atoms with Crippen molar-refractivity contribution in [3.05, 3.63) is 22.4 Å². The van der Waals surface area contributed by atoms with Crippen LogP contribution in [0.3, 0.4) is 0 Å². The molecule has 4 nitrogen and oxygen atoms in total. The SMILES string of the molecule is CCCN(C(=O)OC(C)(C)C)c1nc2ccc(Br)c(F)c2s1. The van der Waals surface area contributed by atoms with E-state index in [0.717, 1.165) is 17.8 Å². The summed E-state index contributed by atoms with van der Waals surface area (Å²) in [6.45, 7) is 7.86. The zero-order chi connectivity index (χ0) is 16.5. The van der Waals surface area contributed by atoms with Gasteiger partial charge in [-0.15, -0.1) is 0 Å². The third kappa shape index (κ3) is 3.76. The first kappa shape index (κ1) is 17.1. The number of hydrogen-bond donors (Lipinski definition) is 0. The molecule has 0 spiro atoms. The first-order valence-electron chi connectivity index (χ1n) is 6.98. The van der Waals surface area contributed by atoms with E-state index in [2.05, 4.69) is 20.9 Å². The minimum absolute atomic E-state index is 0.359. The first-order chi connectivity index (χ1) is 10.2. The lowest BCUT2D eigenvalue weighted by Gasteiger charge is -2.25. The molecule has 1 aromatic heterocycles. The smallest absolute Gasteiger partial charge is 0.416 e. The maximum absolute atomic E-state index is 14.1. The lowest BCUT2D eigenvalue weighted by Crippen LogP contribution is -2.37. The van der Waals surface area contributed by atoms with E-state index in [4.69, 9.17) is 4.74 Å². The summed E-state index contributed by atoms with van der Waals surface area (Å²) < 4.78 is 20.3. The molecule has 1 heterocycles. The van der Waals surface area contributed by atoms with Gasteiger partial charge in [-0.25, -0.2) is 14.2 Å². The molecule has 0 saturated carbocycles. The van der Waals surface area contributed by atoms with Crippen LogP contribution in [-0.2, 0) is 4.74 Å². The summed E-state index contributed by atoms with van der Waals surface area (Å²) in [5, 5.41) is 0.447. The highest BCUT2D eigenvalue weighted by atomic mass is 79.9. The van der Waals surface area contributed by atoms with Gasteiger partial charge < -0.3 is 4.74 Å². The van der Waals surface area contributed by atoms with Crippen molar-refractivity contribution in [3.63, 3.8) is 0 Å². The fourth-order valence-corrected chi connectivity index (χ4v) is 3.33. The molecule has 2 rings (SSSR count). The summed E-state index contributed by atoms with van der Waals surface area (Å²) in [4.78, 5) is 18.2. The van der Waals surface area contributed by atoms with Crippen molar-refractivity contribution in [3.8, 4) is 0 Å². The van der Waals surface area contributed by atoms with Crippen LogP contribution in [0.2, 0.25) is 0 Å². The number of nitrogens with zero attached hydrogens (tertiary/aromatic N) is 2. The summed E-state index contributed by atoms with van der Waals surface area (Å²) in [5.41, 5.74) is -0.0565. The van der Waals surface area contributed by atoms with Gasteiger partial charge in [0, 0.05) is 6.54 Å². The Hall–Kier alpha value is -1.21. The lowest BCUT2D eigenvalue weighted by atomic mass is 10.2. The fraction of sp³-hybridized carbons (Fsp3) is 0.467. The molecule has 1 aromatic carbocycles. The van der Waals surface area contributed by atoms with E-state index in [0.29, 0.717) is 26.4 Å². The molecule has 0 unspecified atom stereocenters. The summed E-state index contributed by atoms with van der Waals surface area (Å²) in [7, 11) is 0. The monoisotopic (exact) mass is 388 g/mol. The number of halogens is 2. The van der Waals surface area contributed by atoms with Gasteiger partial charge in [-0.3, -0.25) is 4.90 Å². The largest absolute Gasteiger partial charge is 0.443 e. The van der Waals surface area contributed by atoms with E-state index in [1.165, 1.54) is 4.90 Å². The van der Waals surface area contributed by atoms with Crippen molar-refractivity contribution in [1.29, 1.82) is 0 Å². The minimum Gasteiger partial charge on any atom is -0.443 e. The number of amides is 1. The van der Waals surface area contributed by atoms with Gasteiger partial charge in [-0.2, -0.15) is 0 Å². The quantitative estimate of drug-likeness (QED) is 0.711. The molecule has 0 aliphatic rings. The van der Waals surface area contributed by atoms with Crippen molar-refractivity contribution < 1.29 is 13.9 Å². The number of rotatable bonds is 3. The molecule has 1 amide bonds. The number of fused-ring (bicyclic) bond motifs is 1. The predicted octanol–water partition coefficient (Wildman–Crippen LogP) is 5.35. The van der Waals surface area contributed by atoms with Crippen molar-refractivity contribution in [2.45, 2.75) is 39.7 Å². The predicted molar refractivity (Wildman–Crippen MR) is 91.1 cm³/mol. The van der Waals surface area contributed by atoms with Gasteiger partial charge >= 0.3 is 6.09 Å². The molecule has 0 bridgehead atoms. The zero-order valence-corrected chi connectivity index (χ0v) is 15.3. The summed E-state index contributed by atoms with van der Waals surface area (Å²) in [6.07, 6.45) is 0.286. The number of aromatic nitrogens is 1. The van der Waals surface area contributed by atoms with Crippen molar-refractivity contribution in [1.82, 2.24) is 4.98 Å². The highest BCUT2D eigenvalue weighted by Gasteiger charge is 2.25. The van der Waals surface area contributed by atoms with E-state index in [9.17, 15) is 9.18 Å². The number of thiazole rings is 1. The Morgan fingerprint density at radius 1 is 1.45 bits per heavy atom. The standard InChI is InChI=1S/C15H18BrFN2O2S/c1-5-8-19(14(20)21-15(2,3)4)13-18-10-7-6-9(16)11(17)12(10)22-13/h6-7H,5,8H2,1-4H3. The Morgan fingerprint density at radius 2 is 2.14 bits per heavy atom. The van der Waals surface area contributed by atoms with Crippen LogP contribution in [0.4, 0.5) is 14.3 Å². The minimum atomic E-state index is -0.589. The zero-order valence-electron chi connectivity index (χ0n) is 12.9. The molecular weight excluding hydrogens is 371 g/mol. The van der Waals surface area contributed by atoms with Gasteiger partial charge in [-0.1, -0.05) is 18.3 Å². The molecule has 0 radical (unpaired) electrons. The van der Waals surface area contributed by atoms with E-state index >= 15 is 0 Å². The van der Waals surface area contributed by atoms with Crippen LogP contribution in [0.15, 0.2) is 16.6 Å². The molecule has 0 aliphatic carbocycles. The van der Waals surface area contributed by atoms with Crippen LogP contribution in [-0.4, -0.2) is 23.2 Å². The molecule has 120 valence electrons. The Morgan fingerprint density at radius 3 is 2.73 bits per heavy atom. The normalized spacial score (nSPS) is 11.7. The van der Waals surface area contributed by atoms with Gasteiger partial charge in [-0.05, 0) is 55.3 Å². The van der Waals surface area contributed by atoms with Gasteiger partial charge in [0.25, 0.3) is 0 Å². The van der Waals surface area contributed by atoms with Crippen molar-refractivity contribution in [2.75, 3.05) is 11.4 Å². The second kappa shape index (κ2) is 6.50. The molecule has 2 aromatic rings. The third-order valence-electron chi connectivity index (χ3n) is 2.73. The molecule has 22 heavy (non-hydrogen) atoms. The van der Waals surface area contributed by atoms with Crippen LogP contribution in [0.5, 0.6) is 0 Å². The highest BCUT2D eigenvalue weighted by Crippen LogP contribution is 2.34. The van der Waals surface area contributed by atoms with Gasteiger partial charge in [0.1, 0.15) is 5.60 Å². The van der Waals surface area contributed by atoms with Gasteiger partial charge in [0.05, 0.1) is 14.7 Å². The molecule has 0 fully saturated rings. The van der Waals surface area contributed by atoms with Crippen molar-refractivity contribution >= 4 is 48.7 Å². The molecule has 7 heteroatoms. The van der Waals surface area contributed by atoms with E-state index < -0.39 is 11.7 Å². The van der Waals surface area contributed by atoms with Crippen LogP contribution in [0, 0.1) is 5.82 Å². The topological polar surface area (TPSA) is 42.4 Å². The second-order valence-corrected chi connectivity index (χ2v) is 7.67. The van der Waals surface area contributed by atoms with E-state index in [1.54, 1.807) is 12.1 Å². The number of carbonyl (C=O) groups excluding carboxylic acids is 1. The molecular formula is C15H18BrFN2O2S. The van der Waals surface area contributed by atoms with Crippen LogP contribution < -0.4 is 4.90 Å². The lowest BCUT2D eigenvalue weighted by molar-refractivity contribution is 0.0580.